The summed E-state index contributed by atoms with van der Waals surface area (Å²) in [5.74, 6) is 3.78. The smallest absolute Gasteiger partial charge is 0.142 e. The molecule has 3 nitrogen and oxygen atoms in total. The van der Waals surface area contributed by atoms with Crippen molar-refractivity contribution in [2.24, 2.45) is 0 Å². The van der Waals surface area contributed by atoms with Crippen LogP contribution in [0.2, 0.25) is 0 Å². The molecule has 1 atom stereocenters. The summed E-state index contributed by atoms with van der Waals surface area (Å²) < 4.78 is 17.9. The Morgan fingerprint density at radius 1 is 0.964 bits per heavy atom. The predicted molar refractivity (Wildman–Crippen MR) is 111 cm³/mol. The Bertz CT molecular complexity index is 1180. The van der Waals surface area contributed by atoms with Gasteiger partial charge in [-0.1, -0.05) is 30.7 Å². The highest BCUT2D eigenvalue weighted by atomic mass is 16.5. The van der Waals surface area contributed by atoms with Gasteiger partial charge in [0.25, 0.3) is 0 Å². The Hall–Kier alpha value is -2.94. The van der Waals surface area contributed by atoms with E-state index in [0.717, 1.165) is 52.4 Å². The molecule has 5 rings (SSSR count). The van der Waals surface area contributed by atoms with E-state index in [1.807, 2.05) is 19.1 Å². The number of rotatable bonds is 2. The fraction of sp³-hybridized carbons (Fsp3) is 0.280. The maximum atomic E-state index is 6.30. The summed E-state index contributed by atoms with van der Waals surface area (Å²) in [5.41, 5.74) is 5.63. The zero-order valence-corrected chi connectivity index (χ0v) is 16.8. The maximum Gasteiger partial charge on any atom is 0.142 e. The molecule has 0 fully saturated rings. The molecule has 0 spiro atoms. The summed E-state index contributed by atoms with van der Waals surface area (Å²) in [6, 6.07) is 17.0. The monoisotopic (exact) mass is 372 g/mol. The molecule has 28 heavy (non-hydrogen) atoms. The lowest BCUT2D eigenvalue weighted by Gasteiger charge is -2.29. The number of aryl methyl sites for hydroxylation is 3. The van der Waals surface area contributed by atoms with E-state index < -0.39 is 0 Å². The molecular weight excluding hydrogens is 348 g/mol. The fourth-order valence-electron chi connectivity index (χ4n) is 4.55. The van der Waals surface area contributed by atoms with E-state index in [4.69, 9.17) is 13.6 Å². The largest absolute Gasteiger partial charge is 0.497 e. The molecule has 1 aliphatic rings. The van der Waals surface area contributed by atoms with E-state index in [1.165, 1.54) is 16.7 Å². The second-order valence-electron chi connectivity index (χ2n) is 8.06. The first-order valence-electron chi connectivity index (χ1n) is 9.77. The van der Waals surface area contributed by atoms with Crippen LogP contribution in [0.3, 0.4) is 0 Å². The normalized spacial score (nSPS) is 18.6. The number of benzene rings is 2. The topological polar surface area (TPSA) is 35.5 Å². The van der Waals surface area contributed by atoms with Gasteiger partial charge in [0.2, 0.25) is 0 Å². The third-order valence-electron chi connectivity index (χ3n) is 6.17. The quantitative estimate of drug-likeness (QED) is 0.399. The number of methoxy groups -OCH3 is 1. The van der Waals surface area contributed by atoms with Crippen LogP contribution in [0.5, 0.6) is 5.75 Å². The molecule has 0 aliphatic heterocycles. The van der Waals surface area contributed by atoms with Crippen molar-refractivity contribution < 1.29 is 13.6 Å². The van der Waals surface area contributed by atoms with Gasteiger partial charge >= 0.3 is 0 Å². The second-order valence-corrected chi connectivity index (χ2v) is 8.06. The molecule has 4 aromatic rings. The van der Waals surface area contributed by atoms with Gasteiger partial charge in [-0.25, -0.2) is 0 Å². The third kappa shape index (κ3) is 2.42. The van der Waals surface area contributed by atoms with Crippen LogP contribution in [-0.4, -0.2) is 7.11 Å². The molecule has 0 unspecified atom stereocenters. The number of ether oxygens (including phenoxy) is 1. The Morgan fingerprint density at radius 3 is 2.50 bits per heavy atom. The Morgan fingerprint density at radius 2 is 1.75 bits per heavy atom. The second kappa shape index (κ2) is 6.03. The summed E-state index contributed by atoms with van der Waals surface area (Å²) in [4.78, 5) is 0. The molecule has 0 bridgehead atoms. The summed E-state index contributed by atoms with van der Waals surface area (Å²) in [7, 11) is 1.70. The highest BCUT2D eigenvalue weighted by Crippen LogP contribution is 2.49. The van der Waals surface area contributed by atoms with Crippen molar-refractivity contribution in [3.05, 3.63) is 76.7 Å². The lowest BCUT2D eigenvalue weighted by Crippen LogP contribution is -2.23. The van der Waals surface area contributed by atoms with Crippen molar-refractivity contribution in [2.45, 2.75) is 39.0 Å². The molecule has 2 aromatic heterocycles. The first-order valence-corrected chi connectivity index (χ1v) is 9.77. The average Bonchev–Trinajstić information content (AvgIpc) is 3.23. The predicted octanol–water partition coefficient (Wildman–Crippen LogP) is 6.57. The molecule has 0 N–H and O–H groups in total. The van der Waals surface area contributed by atoms with Crippen molar-refractivity contribution in [2.75, 3.05) is 7.11 Å². The van der Waals surface area contributed by atoms with E-state index in [-0.39, 0.29) is 5.41 Å². The van der Waals surface area contributed by atoms with Gasteiger partial charge in [-0.15, -0.1) is 0 Å². The molecule has 0 saturated carbocycles. The minimum atomic E-state index is -0.156. The molecule has 3 heteroatoms. The number of fused-ring (bicyclic) bond motifs is 5. The van der Waals surface area contributed by atoms with Crippen molar-refractivity contribution in [1.29, 1.82) is 0 Å². The van der Waals surface area contributed by atoms with Gasteiger partial charge in [0.15, 0.2) is 0 Å². The van der Waals surface area contributed by atoms with E-state index in [1.54, 1.807) is 7.11 Å². The molecule has 2 aromatic carbocycles. The Kier molecular flexibility index (Phi) is 3.70. The van der Waals surface area contributed by atoms with Crippen LogP contribution in [-0.2, 0) is 11.8 Å². The van der Waals surface area contributed by atoms with E-state index in [0.29, 0.717) is 0 Å². The van der Waals surface area contributed by atoms with Crippen LogP contribution in [0.15, 0.2) is 57.4 Å². The summed E-state index contributed by atoms with van der Waals surface area (Å²) in [6.45, 7) is 6.45. The van der Waals surface area contributed by atoms with Gasteiger partial charge < -0.3 is 13.6 Å². The number of furan rings is 2. The van der Waals surface area contributed by atoms with Crippen LogP contribution in [0.25, 0.3) is 22.3 Å². The Labute approximate surface area is 164 Å². The molecule has 0 radical (unpaired) electrons. The first kappa shape index (κ1) is 17.2. The minimum absolute atomic E-state index is 0.156. The van der Waals surface area contributed by atoms with Crippen molar-refractivity contribution in [3.63, 3.8) is 0 Å². The van der Waals surface area contributed by atoms with Crippen LogP contribution in [0.1, 0.15) is 41.6 Å². The van der Waals surface area contributed by atoms with Crippen LogP contribution in [0, 0.1) is 13.8 Å². The third-order valence-corrected chi connectivity index (χ3v) is 6.17. The van der Waals surface area contributed by atoms with Gasteiger partial charge in [0, 0.05) is 22.8 Å². The van der Waals surface area contributed by atoms with Crippen LogP contribution >= 0.6 is 0 Å². The molecule has 2 heterocycles. The van der Waals surface area contributed by atoms with Crippen LogP contribution in [0.4, 0.5) is 0 Å². The average molecular weight is 372 g/mol. The summed E-state index contributed by atoms with van der Waals surface area (Å²) in [6.07, 6.45) is 1.83. The zero-order valence-electron chi connectivity index (χ0n) is 16.8. The van der Waals surface area contributed by atoms with Crippen LogP contribution < -0.4 is 4.74 Å². The minimum Gasteiger partial charge on any atom is -0.497 e. The molecule has 1 aliphatic carbocycles. The lowest BCUT2D eigenvalue weighted by atomic mass is 9.73. The van der Waals surface area contributed by atoms with Gasteiger partial charge in [-0.2, -0.15) is 0 Å². The molecule has 142 valence electrons. The van der Waals surface area contributed by atoms with E-state index in [2.05, 4.69) is 50.2 Å². The highest BCUT2D eigenvalue weighted by molar-refractivity contribution is 5.96. The fourth-order valence-corrected chi connectivity index (χ4v) is 4.55. The zero-order chi connectivity index (χ0) is 19.5. The van der Waals surface area contributed by atoms with Crippen molar-refractivity contribution in [3.8, 4) is 17.1 Å². The van der Waals surface area contributed by atoms with Gasteiger partial charge in [-0.05, 0) is 56.2 Å². The number of hydrogen-bond acceptors (Lipinski definition) is 3. The first-order chi connectivity index (χ1) is 13.5. The Balaban J connectivity index is 1.76. The SMILES string of the molecule is COc1ccc([C@@]2(C)CCc3oc4ccc(C)cc4c3-c3oc(C)cc32)cc1. The van der Waals surface area contributed by atoms with Crippen molar-refractivity contribution >= 4 is 11.0 Å². The maximum absolute atomic E-state index is 6.30. The van der Waals surface area contributed by atoms with E-state index in [9.17, 15) is 0 Å². The summed E-state index contributed by atoms with van der Waals surface area (Å²) in [5, 5.41) is 1.14. The van der Waals surface area contributed by atoms with Gasteiger partial charge in [-0.3, -0.25) is 0 Å². The van der Waals surface area contributed by atoms with E-state index >= 15 is 0 Å². The standard InChI is InChI=1S/C25H24O3/c1-15-5-10-21-19(13-15)23-22(28-21)11-12-25(3,20-14-16(2)27-24(20)23)17-6-8-18(26-4)9-7-17/h5-10,13-14H,11-12H2,1-4H3/t25-/m1/s1. The molecule has 0 amide bonds. The van der Waals surface area contributed by atoms with Gasteiger partial charge in [0.05, 0.1) is 12.7 Å². The van der Waals surface area contributed by atoms with Crippen molar-refractivity contribution in [1.82, 2.24) is 0 Å². The lowest BCUT2D eigenvalue weighted by molar-refractivity contribution is 0.413. The number of hydrogen-bond donors (Lipinski definition) is 0. The van der Waals surface area contributed by atoms with Gasteiger partial charge in [0.1, 0.15) is 28.6 Å². The summed E-state index contributed by atoms with van der Waals surface area (Å²) >= 11 is 0. The molecule has 0 saturated heterocycles. The highest BCUT2D eigenvalue weighted by Gasteiger charge is 2.38. The molecular formula is C25H24O3.